The fourth-order valence-electron chi connectivity index (χ4n) is 15.8. The van der Waals surface area contributed by atoms with Crippen LogP contribution in [0.15, 0.2) is 205 Å². The van der Waals surface area contributed by atoms with E-state index in [-0.39, 0.29) is 61.4 Å². The summed E-state index contributed by atoms with van der Waals surface area (Å²) in [4.78, 5) is 79.5. The number of pyridine rings is 1. The van der Waals surface area contributed by atoms with Crippen LogP contribution in [0.4, 0.5) is 56.8 Å². The van der Waals surface area contributed by atoms with Crippen LogP contribution < -0.4 is 26.6 Å². The number of anilines is 5. The molecule has 20 rings (SSSR count). The summed E-state index contributed by atoms with van der Waals surface area (Å²) in [6.07, 6.45) is 4.65. The number of aryl methyl sites for hydroxylation is 1. The molecule has 1 unspecified atom stereocenters. The summed E-state index contributed by atoms with van der Waals surface area (Å²) in [6.45, 7) is 6.56. The van der Waals surface area contributed by atoms with E-state index >= 15 is 0 Å². The topological polar surface area (TPSA) is 402 Å². The van der Waals surface area contributed by atoms with Crippen molar-refractivity contribution in [2.75, 3.05) is 59.4 Å². The third kappa shape index (κ3) is 21.5. The zero-order valence-electron chi connectivity index (χ0n) is 70.1. The number of amides is 10. The first-order valence-corrected chi connectivity index (χ1v) is 45.6. The van der Waals surface area contributed by atoms with Crippen molar-refractivity contribution >= 4 is 139 Å². The molecule has 668 valence electrons. The van der Waals surface area contributed by atoms with Crippen LogP contribution in [0.5, 0.6) is 0 Å². The maximum atomic E-state index is 14.1. The lowest BCUT2D eigenvalue weighted by atomic mass is 9.97. The normalized spacial score (nSPS) is 14.0. The Bertz CT molecular complexity index is 6670. The number of aromatic amines is 5. The zero-order valence-corrected chi connectivity index (χ0v) is 75.6. The Morgan fingerprint density at radius 3 is 1.29 bits per heavy atom. The maximum Gasteiger partial charge on any atom is 0.322 e. The summed E-state index contributed by atoms with van der Waals surface area (Å²) in [7, 11) is 0. The molecule has 0 aliphatic carbocycles. The average Bonchev–Trinajstić information content (AvgIpc) is 1.00. The molecule has 9 aromatic heterocycles. The Kier molecular flexibility index (Phi) is 29.0. The van der Waals surface area contributed by atoms with Gasteiger partial charge in [0.2, 0.25) is 0 Å². The molecule has 5 aliphatic rings. The van der Waals surface area contributed by atoms with Gasteiger partial charge in [-0.05, 0) is 121 Å². The lowest BCUT2D eigenvalue weighted by Crippen LogP contribution is -2.48. The van der Waals surface area contributed by atoms with E-state index < -0.39 is 11.8 Å². The predicted octanol–water partition coefficient (Wildman–Crippen LogP) is 19.2. The zero-order chi connectivity index (χ0) is 91.2. The van der Waals surface area contributed by atoms with Gasteiger partial charge in [-0.25, -0.2) is 33.3 Å². The van der Waals surface area contributed by atoms with Crippen molar-refractivity contribution in [1.82, 2.24) is 80.5 Å². The highest BCUT2D eigenvalue weighted by atomic mass is 35.5. The molecule has 131 heavy (non-hydrogen) atoms. The van der Waals surface area contributed by atoms with Gasteiger partial charge in [-0.3, -0.25) is 25.5 Å². The average molecular weight is 1900 g/mol. The molecular weight excluding hydrogens is 1810 g/mol. The van der Waals surface area contributed by atoms with E-state index in [1.165, 1.54) is 39.8 Å². The van der Waals surface area contributed by atoms with Crippen LogP contribution in [-0.2, 0) is 78.0 Å². The number of hydrogen-bond donors (Lipinski definition) is 13. The van der Waals surface area contributed by atoms with Crippen molar-refractivity contribution in [2.24, 2.45) is 0 Å². The second-order valence-electron chi connectivity index (χ2n) is 30.8. The van der Waals surface area contributed by atoms with Crippen LogP contribution in [-0.4, -0.2) is 165 Å². The number of hydrogen-bond acceptors (Lipinski definition) is 18. The highest BCUT2D eigenvalue weighted by Crippen LogP contribution is 2.39. The van der Waals surface area contributed by atoms with Gasteiger partial charge in [0.25, 0.3) is 0 Å². The van der Waals surface area contributed by atoms with E-state index in [1.54, 1.807) is 116 Å². The molecule has 10 amide bonds. The summed E-state index contributed by atoms with van der Waals surface area (Å²) >= 11 is 28.6. The number of aromatic nitrogens is 11. The Morgan fingerprint density at radius 2 is 0.863 bits per heavy atom. The van der Waals surface area contributed by atoms with Crippen LogP contribution in [0.2, 0.25) is 20.1 Å². The molecule has 15 aromatic rings. The van der Waals surface area contributed by atoms with E-state index in [1.807, 2.05) is 107 Å². The summed E-state index contributed by atoms with van der Waals surface area (Å²) in [5, 5.41) is 95.5. The van der Waals surface area contributed by atoms with E-state index in [2.05, 4.69) is 101 Å². The number of fused-ring (bicyclic) bond motifs is 5. The molecule has 30 nitrogen and oxygen atoms in total. The Balaban J connectivity index is 0.000000120. The standard InChI is InChI=1S/C20H19ClN4O2.C19H15FN6O.2C18H17ClN4O2S.C18H17ClN4OS/c21-14-7-4-8-15(9-14)22-20(27)25-11-17-18(10-16(25)12-26)23-24-19(17)13-5-2-1-3-6-13;20-17-15(6-8-22-16(17)10-21)23-19(27)26-9-7-14-13(11-26)18(25-24-14)12-4-2-1-3-5-12;19-11-2-1-3-12(8-11)20-18(25)23-6-4-15-14(9-23)17(22-21-15)13-5-7-26-16(13)10-24;19-11-2-1-3-12(8-11)20-18(25)23-7-6-15-14(9-23)17(22-21-15)16-5-4-13(10-24)26-16;1-11-14(6-8-25-11)17-15-10-23(7-5-16(15)21-22-17)18(24)20-13-4-2-3-12(19)9-13/h1-9,16,26H,10-12H2,(H,22,27)(H,23,24);1-6,8H,7,9,11H2,(H,24,25)(H,22,23,27);1-3,5,7-8,24H,4,6,9-10H2,(H,20,25)(H,21,22);1-5,8,24H,6-7,9-10H2,(H,20,25)(H,21,22);2-4,6,8-9H,5,7,10H2,1H3,(H,20,24)(H,21,22). The van der Waals surface area contributed by atoms with Crippen molar-refractivity contribution in [2.45, 2.75) is 91.0 Å². The Morgan fingerprint density at radius 1 is 0.458 bits per heavy atom. The quantitative estimate of drug-likeness (QED) is 0.0510. The monoisotopic (exact) mass is 1890 g/mol. The molecular formula is C93H85Cl4FN22O8S3. The van der Waals surface area contributed by atoms with Crippen LogP contribution in [0.25, 0.3) is 55.6 Å². The smallest absolute Gasteiger partial charge is 0.322 e. The van der Waals surface area contributed by atoms with E-state index in [4.69, 9.17) is 51.7 Å². The van der Waals surface area contributed by atoms with Crippen molar-refractivity contribution < 1.29 is 43.7 Å². The van der Waals surface area contributed by atoms with Gasteiger partial charge in [0.15, 0.2) is 11.5 Å². The molecule has 5 aliphatic heterocycles. The molecule has 0 fully saturated rings. The Hall–Kier alpha value is -13.6. The number of halogens is 5. The molecule has 1 atom stereocenters. The second kappa shape index (κ2) is 41.9. The Labute approximate surface area is 782 Å². The first-order valence-electron chi connectivity index (χ1n) is 41.6. The SMILES string of the molecule is Cc1sccc1-c1n[nH]c2c1CN(C(=O)Nc1cccc(Cl)c1)CC2.N#Cc1nccc(NC(=O)N2CCc3[nH]nc(-c4ccccc4)c3C2)c1F.O=C(Nc1cccc(Cl)c1)N1CCc2[nH]nc(-c3ccc(CO)s3)c2C1.O=C(Nc1cccc(Cl)c1)N1CCc2[nH]nc(-c3ccsc3CO)c2C1.O=C(Nc1cccc(Cl)c1)N1Cc2c(-c3ccccc3)n[nH]c2CC1CO. The second-order valence-corrected chi connectivity index (χ2v) is 35.8. The van der Waals surface area contributed by atoms with Crippen LogP contribution in [0, 0.1) is 24.1 Å². The number of H-pyrrole nitrogens is 5. The number of carbonyl (C=O) groups excluding carboxylic acids is 5. The van der Waals surface area contributed by atoms with Crippen LogP contribution in [0.3, 0.4) is 0 Å². The van der Waals surface area contributed by atoms with Gasteiger partial charge < -0.3 is 66.4 Å². The molecule has 6 aromatic carbocycles. The molecule has 14 heterocycles. The van der Waals surface area contributed by atoms with E-state index in [9.17, 15) is 43.7 Å². The van der Waals surface area contributed by atoms with Crippen molar-refractivity contribution in [3.63, 3.8) is 0 Å². The molecule has 0 saturated carbocycles. The molecule has 0 spiro atoms. The molecule has 0 saturated heterocycles. The fourth-order valence-corrected chi connectivity index (χ4v) is 18.8. The molecule has 0 radical (unpaired) electrons. The van der Waals surface area contributed by atoms with Crippen LogP contribution >= 0.6 is 80.4 Å². The van der Waals surface area contributed by atoms with E-state index in [0.29, 0.717) is 121 Å². The highest BCUT2D eigenvalue weighted by Gasteiger charge is 2.36. The largest absolute Gasteiger partial charge is 0.394 e. The third-order valence-electron chi connectivity index (χ3n) is 22.5. The number of benzene rings is 6. The molecule has 0 bridgehead atoms. The first-order chi connectivity index (χ1) is 63.7. The number of thiophene rings is 3. The van der Waals surface area contributed by atoms with Gasteiger partial charge in [0, 0.05) is 200 Å². The number of aliphatic hydroxyl groups excluding tert-OH is 3. The number of urea groups is 5. The first kappa shape index (κ1) is 90.8. The van der Waals surface area contributed by atoms with Gasteiger partial charge >= 0.3 is 30.2 Å². The van der Waals surface area contributed by atoms with Gasteiger partial charge in [-0.2, -0.15) is 30.8 Å². The lowest BCUT2D eigenvalue weighted by molar-refractivity contribution is 0.129. The lowest BCUT2D eigenvalue weighted by Gasteiger charge is -2.34. The number of nitrogens with zero attached hydrogens (tertiary/aromatic N) is 12. The number of carbonyl (C=O) groups is 5. The van der Waals surface area contributed by atoms with Crippen molar-refractivity contribution in [1.29, 1.82) is 5.26 Å². The van der Waals surface area contributed by atoms with Gasteiger partial charge in [0.1, 0.15) is 11.8 Å². The molecule has 13 N–H and O–H groups in total. The van der Waals surface area contributed by atoms with Crippen molar-refractivity contribution in [3.8, 4) is 61.7 Å². The van der Waals surface area contributed by atoms with Crippen molar-refractivity contribution in [3.05, 3.63) is 308 Å². The number of nitrogens with one attached hydrogen (secondary N) is 10. The predicted molar refractivity (Wildman–Crippen MR) is 507 cm³/mol. The van der Waals surface area contributed by atoms with E-state index in [0.717, 1.165) is 134 Å². The fraction of sp³-hybridized carbons (Fsp3) is 0.204. The number of rotatable bonds is 13. The number of aliphatic hydroxyl groups is 3. The number of nitriles is 1. The summed E-state index contributed by atoms with van der Waals surface area (Å²) in [5.41, 5.74) is 20.8. The minimum absolute atomic E-state index is 0.0193. The summed E-state index contributed by atoms with van der Waals surface area (Å²) in [6, 6.07) is 57.3. The van der Waals surface area contributed by atoms with Crippen LogP contribution in [0.1, 0.15) is 76.6 Å². The maximum absolute atomic E-state index is 14.1. The molecule has 38 heteroatoms. The third-order valence-corrected chi connectivity index (χ3v) is 26.2. The highest BCUT2D eigenvalue weighted by molar-refractivity contribution is 7.15. The summed E-state index contributed by atoms with van der Waals surface area (Å²) in [5.74, 6) is -0.834. The van der Waals surface area contributed by atoms with Gasteiger partial charge in [-0.15, -0.1) is 34.0 Å². The van der Waals surface area contributed by atoms with Gasteiger partial charge in [0.05, 0.1) is 91.9 Å². The van der Waals surface area contributed by atoms with Gasteiger partial charge in [-0.1, -0.05) is 131 Å². The minimum atomic E-state index is -0.834. The minimum Gasteiger partial charge on any atom is -0.394 e. The summed E-state index contributed by atoms with van der Waals surface area (Å²) < 4.78 is 14.1.